The molecule has 0 aliphatic rings. The molecule has 0 amide bonds. The highest BCUT2D eigenvalue weighted by molar-refractivity contribution is 7.84. The van der Waals surface area contributed by atoms with Crippen LogP contribution in [0.15, 0.2) is 30.3 Å². The minimum Gasteiger partial charge on any atom is -0.460 e. The molecule has 3 nitrogen and oxygen atoms in total. The number of esters is 1. The fourth-order valence-electron chi connectivity index (χ4n) is 0.946. The largest absolute Gasteiger partial charge is 0.460 e. The maximum Gasteiger partial charge on any atom is 0.318 e. The average Bonchev–Trinajstić information content (AvgIpc) is 2.15. The number of carbonyl (C=O) groups is 1. The molecule has 0 spiro atoms. The molecule has 0 bridgehead atoms. The van der Waals surface area contributed by atoms with E-state index in [0.717, 1.165) is 5.56 Å². The van der Waals surface area contributed by atoms with Gasteiger partial charge in [-0.3, -0.25) is 9.00 Å². The molecule has 1 atom stereocenters. The summed E-state index contributed by atoms with van der Waals surface area (Å²) in [4.78, 5) is 11.0. The zero-order chi connectivity index (χ0) is 10.4. The molecule has 0 aromatic heterocycles. The molecule has 0 saturated heterocycles. The molecule has 4 heteroatoms. The molecule has 0 aliphatic carbocycles. The first-order chi connectivity index (χ1) is 6.68. The van der Waals surface area contributed by atoms with Crippen LogP contribution in [0.4, 0.5) is 0 Å². The summed E-state index contributed by atoms with van der Waals surface area (Å²) in [5.74, 6) is -0.456. The minimum absolute atomic E-state index is 0.0349. The summed E-state index contributed by atoms with van der Waals surface area (Å²) in [5.41, 5.74) is 0.933. The second kappa shape index (κ2) is 5.54. The quantitative estimate of drug-likeness (QED) is 0.702. The van der Waals surface area contributed by atoms with Gasteiger partial charge < -0.3 is 4.74 Å². The third kappa shape index (κ3) is 4.18. The molecule has 1 aromatic carbocycles. The van der Waals surface area contributed by atoms with E-state index in [9.17, 15) is 9.00 Å². The van der Waals surface area contributed by atoms with Crippen LogP contribution in [-0.2, 0) is 26.9 Å². The van der Waals surface area contributed by atoms with E-state index < -0.39 is 16.8 Å². The second-order valence-corrected chi connectivity index (χ2v) is 4.30. The van der Waals surface area contributed by atoms with Gasteiger partial charge in [-0.2, -0.15) is 0 Å². The molecular formula is C10H12O3S. The van der Waals surface area contributed by atoms with Gasteiger partial charge in [0.15, 0.2) is 0 Å². The van der Waals surface area contributed by atoms with Crippen molar-refractivity contribution in [2.45, 2.75) is 6.61 Å². The van der Waals surface area contributed by atoms with Crippen molar-refractivity contribution in [1.29, 1.82) is 0 Å². The first-order valence-electron chi connectivity index (χ1n) is 4.18. The lowest BCUT2D eigenvalue weighted by atomic mass is 10.2. The number of carbonyl (C=O) groups excluding carboxylic acids is 1. The van der Waals surface area contributed by atoms with Gasteiger partial charge in [-0.25, -0.2) is 0 Å². The number of ether oxygens (including phenoxy) is 1. The lowest BCUT2D eigenvalue weighted by molar-refractivity contribution is -0.141. The summed E-state index contributed by atoms with van der Waals surface area (Å²) < 4.78 is 15.6. The number of benzene rings is 1. The molecule has 1 rings (SSSR count). The molecule has 14 heavy (non-hydrogen) atoms. The first kappa shape index (κ1) is 10.9. The summed E-state index contributed by atoms with van der Waals surface area (Å²) in [6, 6.07) is 9.39. The van der Waals surface area contributed by atoms with Crippen LogP contribution in [0.5, 0.6) is 0 Å². The molecule has 0 saturated carbocycles. The van der Waals surface area contributed by atoms with Crippen LogP contribution in [0.2, 0.25) is 0 Å². The Morgan fingerprint density at radius 3 is 2.57 bits per heavy atom. The maximum atomic E-state index is 11.0. The second-order valence-electron chi connectivity index (χ2n) is 2.86. The number of hydrogen-bond donors (Lipinski definition) is 0. The van der Waals surface area contributed by atoms with E-state index in [1.807, 2.05) is 30.3 Å². The van der Waals surface area contributed by atoms with Gasteiger partial charge >= 0.3 is 5.97 Å². The maximum absolute atomic E-state index is 11.0. The van der Waals surface area contributed by atoms with Crippen molar-refractivity contribution in [2.75, 3.05) is 12.0 Å². The lowest BCUT2D eigenvalue weighted by Gasteiger charge is -2.02. The summed E-state index contributed by atoms with van der Waals surface area (Å²) in [6.45, 7) is 0.247. The van der Waals surface area contributed by atoms with Crippen LogP contribution >= 0.6 is 0 Å². The third-order valence-corrected chi connectivity index (χ3v) is 2.21. The van der Waals surface area contributed by atoms with Crippen molar-refractivity contribution in [3.05, 3.63) is 35.9 Å². The van der Waals surface area contributed by atoms with Crippen molar-refractivity contribution >= 4 is 16.8 Å². The van der Waals surface area contributed by atoms with E-state index >= 15 is 0 Å². The molecule has 0 N–H and O–H groups in total. The Bertz CT molecular complexity index is 321. The van der Waals surface area contributed by atoms with Gasteiger partial charge in [0.05, 0.1) is 0 Å². The van der Waals surface area contributed by atoms with E-state index in [1.165, 1.54) is 6.26 Å². The SMILES string of the molecule is CS(=O)CC(=O)OCc1ccccc1. The Morgan fingerprint density at radius 2 is 2.00 bits per heavy atom. The van der Waals surface area contributed by atoms with E-state index in [-0.39, 0.29) is 12.4 Å². The van der Waals surface area contributed by atoms with E-state index in [1.54, 1.807) is 0 Å². The van der Waals surface area contributed by atoms with Crippen LogP contribution in [0.25, 0.3) is 0 Å². The van der Waals surface area contributed by atoms with Gasteiger partial charge in [0.1, 0.15) is 12.4 Å². The summed E-state index contributed by atoms with van der Waals surface area (Å²) in [7, 11) is -1.13. The highest BCUT2D eigenvalue weighted by Gasteiger charge is 2.04. The van der Waals surface area contributed by atoms with Gasteiger partial charge in [0.2, 0.25) is 0 Å². The summed E-state index contributed by atoms with van der Waals surface area (Å²) in [5, 5.41) is 0. The lowest BCUT2D eigenvalue weighted by Crippen LogP contribution is -2.12. The van der Waals surface area contributed by atoms with E-state index in [0.29, 0.717) is 0 Å². The Balaban J connectivity index is 2.34. The Hall–Kier alpha value is -1.16. The molecule has 1 aromatic rings. The Morgan fingerprint density at radius 1 is 1.36 bits per heavy atom. The van der Waals surface area contributed by atoms with Crippen LogP contribution in [0.1, 0.15) is 5.56 Å². The fraction of sp³-hybridized carbons (Fsp3) is 0.300. The highest BCUT2D eigenvalue weighted by Crippen LogP contribution is 2.00. The average molecular weight is 212 g/mol. The standard InChI is InChI=1S/C10H12O3S/c1-14(12)8-10(11)13-7-9-5-3-2-4-6-9/h2-6H,7-8H2,1H3. The van der Waals surface area contributed by atoms with E-state index in [4.69, 9.17) is 4.74 Å². The first-order valence-corrected chi connectivity index (χ1v) is 5.91. The molecule has 0 fully saturated rings. The molecular weight excluding hydrogens is 200 g/mol. The van der Waals surface area contributed by atoms with Gasteiger partial charge in [-0.15, -0.1) is 0 Å². The number of hydrogen-bond acceptors (Lipinski definition) is 3. The Labute approximate surface area is 85.5 Å². The van der Waals surface area contributed by atoms with Gasteiger partial charge in [-0.1, -0.05) is 30.3 Å². The monoisotopic (exact) mass is 212 g/mol. The number of rotatable bonds is 4. The topological polar surface area (TPSA) is 43.4 Å². The summed E-state index contributed by atoms with van der Waals surface area (Å²) >= 11 is 0. The fourth-order valence-corrected chi connectivity index (χ4v) is 1.36. The van der Waals surface area contributed by atoms with Crippen molar-refractivity contribution in [3.8, 4) is 0 Å². The molecule has 0 aliphatic heterocycles. The highest BCUT2D eigenvalue weighted by atomic mass is 32.2. The predicted molar refractivity (Wildman–Crippen MR) is 55.2 cm³/mol. The van der Waals surface area contributed by atoms with Crippen LogP contribution in [-0.4, -0.2) is 22.2 Å². The van der Waals surface area contributed by atoms with Crippen molar-refractivity contribution in [1.82, 2.24) is 0 Å². The van der Waals surface area contributed by atoms with Crippen LogP contribution in [0, 0.1) is 0 Å². The molecule has 76 valence electrons. The predicted octanol–water partition coefficient (Wildman–Crippen LogP) is 1.11. The zero-order valence-corrected chi connectivity index (χ0v) is 8.75. The van der Waals surface area contributed by atoms with Gasteiger partial charge in [0.25, 0.3) is 0 Å². The molecule has 0 radical (unpaired) electrons. The molecule has 1 unspecified atom stereocenters. The smallest absolute Gasteiger partial charge is 0.318 e. The van der Waals surface area contributed by atoms with Crippen molar-refractivity contribution in [3.63, 3.8) is 0 Å². The normalized spacial score (nSPS) is 12.1. The minimum atomic E-state index is -1.13. The van der Waals surface area contributed by atoms with E-state index in [2.05, 4.69) is 0 Å². The van der Waals surface area contributed by atoms with Crippen LogP contribution < -0.4 is 0 Å². The van der Waals surface area contributed by atoms with Crippen LogP contribution in [0.3, 0.4) is 0 Å². The molecule has 0 heterocycles. The third-order valence-electron chi connectivity index (χ3n) is 1.56. The van der Waals surface area contributed by atoms with Crippen molar-refractivity contribution < 1.29 is 13.7 Å². The summed E-state index contributed by atoms with van der Waals surface area (Å²) in [6.07, 6.45) is 1.48. The van der Waals surface area contributed by atoms with Crippen molar-refractivity contribution in [2.24, 2.45) is 0 Å². The van der Waals surface area contributed by atoms with Gasteiger partial charge in [0, 0.05) is 17.1 Å². The Kier molecular flexibility index (Phi) is 4.32. The zero-order valence-electron chi connectivity index (χ0n) is 7.93. The van der Waals surface area contributed by atoms with Gasteiger partial charge in [-0.05, 0) is 5.56 Å².